The van der Waals surface area contributed by atoms with Crippen molar-refractivity contribution >= 4 is 11.9 Å². The summed E-state index contributed by atoms with van der Waals surface area (Å²) in [4.78, 5) is 24.6. The van der Waals surface area contributed by atoms with Crippen molar-refractivity contribution < 1.29 is 24.5 Å². The van der Waals surface area contributed by atoms with Crippen molar-refractivity contribution in [3.8, 4) is 0 Å². The van der Waals surface area contributed by atoms with Crippen LogP contribution in [-0.2, 0) is 14.3 Å². The summed E-state index contributed by atoms with van der Waals surface area (Å²) in [6, 6.07) is -0.540. The van der Waals surface area contributed by atoms with Crippen molar-refractivity contribution in [2.45, 2.75) is 482 Å². The van der Waals surface area contributed by atoms with Crippen LogP contribution in [0.25, 0.3) is 0 Å². The molecule has 2 unspecified atom stereocenters. The number of carbonyl (C=O) groups is 2. The maximum atomic E-state index is 12.6. The lowest BCUT2D eigenvalue weighted by Crippen LogP contribution is -2.45. The number of hydrogen-bond donors (Lipinski definition) is 3. The maximum absolute atomic E-state index is 12.6. The molecule has 0 bridgehead atoms. The van der Waals surface area contributed by atoms with E-state index in [0.717, 1.165) is 51.4 Å². The van der Waals surface area contributed by atoms with Crippen LogP contribution in [0.2, 0.25) is 0 Å². The van der Waals surface area contributed by atoms with Crippen molar-refractivity contribution in [2.75, 3.05) is 13.2 Å². The molecular weight excluding hydrogens is 1110 g/mol. The van der Waals surface area contributed by atoms with Gasteiger partial charge in [-0.05, 0) is 83.5 Å². The SMILES string of the molecule is CCCCCC/C=C\CCCCCCCC(=O)OCCCCCCCCCCCCCCCCC/C=C\C/C=C\CCCCCCCCCCCCCCCCCCCC(=O)NC(CO)C(O)CCCCCCCCCCCCCCCCCCCCCCCC. The Morgan fingerprint density at radius 3 is 0.857 bits per heavy atom. The Kier molecular flexibility index (Phi) is 78.8. The number of rotatable bonds is 79. The van der Waals surface area contributed by atoms with Gasteiger partial charge in [0.15, 0.2) is 0 Å². The molecule has 0 heterocycles. The van der Waals surface area contributed by atoms with E-state index in [1.54, 1.807) is 0 Å². The molecule has 0 aliphatic heterocycles. The summed E-state index contributed by atoms with van der Waals surface area (Å²) >= 11 is 0. The molecule has 0 rings (SSSR count). The van der Waals surface area contributed by atoms with Crippen LogP contribution in [-0.4, -0.2) is 47.4 Å². The third-order valence-corrected chi connectivity index (χ3v) is 19.7. The number of amides is 1. The number of allylic oxidation sites excluding steroid dienone is 6. The average Bonchev–Trinajstić information content (AvgIpc) is 3.70. The summed E-state index contributed by atoms with van der Waals surface area (Å²) in [5.41, 5.74) is 0. The van der Waals surface area contributed by atoms with Gasteiger partial charge in [-0.2, -0.15) is 0 Å². The molecule has 2 atom stereocenters. The Bertz CT molecular complexity index is 1470. The summed E-state index contributed by atoms with van der Waals surface area (Å²) in [7, 11) is 0. The first-order chi connectivity index (χ1) is 45.0. The summed E-state index contributed by atoms with van der Waals surface area (Å²) in [6.45, 7) is 4.99. The fraction of sp³-hybridized carbons (Fsp3) is 0.906. The molecule has 3 N–H and O–H groups in total. The fourth-order valence-electron chi connectivity index (χ4n) is 13.3. The lowest BCUT2D eigenvalue weighted by atomic mass is 10.0. The molecule has 0 saturated carbocycles. The molecular formula is C85H163NO5. The van der Waals surface area contributed by atoms with Gasteiger partial charge in [0, 0.05) is 12.8 Å². The molecule has 0 radical (unpaired) electrons. The zero-order valence-corrected chi connectivity index (χ0v) is 61.9. The van der Waals surface area contributed by atoms with Gasteiger partial charge in [0.05, 0.1) is 25.4 Å². The van der Waals surface area contributed by atoms with Crippen LogP contribution in [0.4, 0.5) is 0 Å². The number of esters is 1. The number of aliphatic hydroxyl groups excluding tert-OH is 2. The summed E-state index contributed by atoms with van der Waals surface area (Å²) in [5, 5.41) is 23.5. The topological polar surface area (TPSA) is 95.9 Å². The third kappa shape index (κ3) is 77.0. The second-order valence-electron chi connectivity index (χ2n) is 28.8. The molecule has 6 nitrogen and oxygen atoms in total. The highest BCUT2D eigenvalue weighted by Crippen LogP contribution is 2.20. The quantitative estimate of drug-likeness (QED) is 0.0320. The minimum absolute atomic E-state index is 0.0117. The number of unbranched alkanes of at least 4 members (excludes halogenated alkanes) is 62. The molecule has 0 saturated heterocycles. The molecule has 0 aliphatic rings. The molecule has 0 aromatic rings. The van der Waals surface area contributed by atoms with Crippen LogP contribution in [0.5, 0.6) is 0 Å². The predicted molar refractivity (Wildman–Crippen MR) is 403 cm³/mol. The van der Waals surface area contributed by atoms with E-state index in [1.165, 1.54) is 385 Å². The first-order valence-corrected chi connectivity index (χ1v) is 41.7. The minimum Gasteiger partial charge on any atom is -0.466 e. The molecule has 0 aromatic carbocycles. The van der Waals surface area contributed by atoms with Gasteiger partial charge in [0.1, 0.15) is 0 Å². The lowest BCUT2D eigenvalue weighted by Gasteiger charge is -2.22. The first-order valence-electron chi connectivity index (χ1n) is 41.7. The van der Waals surface area contributed by atoms with Gasteiger partial charge in [0.2, 0.25) is 5.91 Å². The number of carbonyl (C=O) groups excluding carboxylic acids is 2. The zero-order valence-electron chi connectivity index (χ0n) is 61.9. The van der Waals surface area contributed by atoms with Crippen LogP contribution in [0, 0.1) is 0 Å². The highest BCUT2D eigenvalue weighted by molar-refractivity contribution is 5.76. The van der Waals surface area contributed by atoms with Gasteiger partial charge in [-0.25, -0.2) is 0 Å². The lowest BCUT2D eigenvalue weighted by molar-refractivity contribution is -0.143. The fourth-order valence-corrected chi connectivity index (χ4v) is 13.3. The highest BCUT2D eigenvalue weighted by atomic mass is 16.5. The van der Waals surface area contributed by atoms with Crippen molar-refractivity contribution in [3.05, 3.63) is 36.5 Å². The van der Waals surface area contributed by atoms with Crippen LogP contribution < -0.4 is 5.32 Å². The smallest absolute Gasteiger partial charge is 0.305 e. The molecule has 91 heavy (non-hydrogen) atoms. The largest absolute Gasteiger partial charge is 0.466 e. The average molecular weight is 1280 g/mol. The van der Waals surface area contributed by atoms with Crippen LogP contribution in [0.15, 0.2) is 36.5 Å². The third-order valence-electron chi connectivity index (χ3n) is 19.7. The normalized spacial score (nSPS) is 12.6. The van der Waals surface area contributed by atoms with E-state index in [4.69, 9.17) is 4.74 Å². The van der Waals surface area contributed by atoms with Gasteiger partial charge >= 0.3 is 5.97 Å². The van der Waals surface area contributed by atoms with Crippen molar-refractivity contribution in [1.29, 1.82) is 0 Å². The molecule has 0 aromatic heterocycles. The molecule has 1 amide bonds. The Hall–Kier alpha value is -1.92. The van der Waals surface area contributed by atoms with E-state index in [1.807, 2.05) is 0 Å². The van der Waals surface area contributed by atoms with Gasteiger partial charge in [-0.15, -0.1) is 0 Å². The summed E-state index contributed by atoms with van der Waals surface area (Å²) in [5.74, 6) is -0.0147. The highest BCUT2D eigenvalue weighted by Gasteiger charge is 2.20. The van der Waals surface area contributed by atoms with Crippen LogP contribution in [0.3, 0.4) is 0 Å². The minimum atomic E-state index is -0.664. The standard InChI is InChI=1S/C85H163NO5/c1-3-5-7-9-11-13-15-17-18-19-20-21-41-44-47-50-54-57-61-65-69-73-77-83(88)82(81-87)86-84(89)78-74-70-66-62-58-55-51-48-45-42-39-37-35-33-31-29-27-25-23-22-24-26-28-30-32-34-36-38-40-43-46-49-52-56-60-64-68-72-76-80-91-85(90)79-75-71-67-63-59-53-16-14-12-10-8-6-4-2/h14,16,22-23,26,28,82-83,87-88H,3-13,15,17-21,24-25,27,29-81H2,1-2H3,(H,86,89)/b16-14-,23-22-,28-26-. The molecule has 538 valence electrons. The Morgan fingerprint density at radius 2 is 0.549 bits per heavy atom. The Labute approximate surface area is 570 Å². The molecule has 0 fully saturated rings. The van der Waals surface area contributed by atoms with Crippen LogP contribution in [0.1, 0.15) is 470 Å². The number of aliphatic hydroxyl groups is 2. The second kappa shape index (κ2) is 80.5. The number of nitrogens with one attached hydrogen (secondary N) is 1. The molecule has 0 spiro atoms. The van der Waals surface area contributed by atoms with Gasteiger partial charge in [-0.1, -0.05) is 410 Å². The van der Waals surface area contributed by atoms with E-state index < -0.39 is 12.1 Å². The van der Waals surface area contributed by atoms with E-state index in [-0.39, 0.29) is 18.5 Å². The predicted octanol–water partition coefficient (Wildman–Crippen LogP) is 27.8. The maximum Gasteiger partial charge on any atom is 0.305 e. The van der Waals surface area contributed by atoms with Crippen molar-refractivity contribution in [1.82, 2.24) is 5.32 Å². The molecule has 0 aliphatic carbocycles. The van der Waals surface area contributed by atoms with E-state index in [0.29, 0.717) is 25.9 Å². The van der Waals surface area contributed by atoms with Gasteiger partial charge in [-0.3, -0.25) is 9.59 Å². The Balaban J connectivity index is 3.36. The summed E-state index contributed by atoms with van der Waals surface area (Å²) < 4.78 is 5.49. The van der Waals surface area contributed by atoms with Gasteiger partial charge < -0.3 is 20.3 Å². The Morgan fingerprint density at radius 1 is 0.308 bits per heavy atom. The first kappa shape index (κ1) is 89.1. The van der Waals surface area contributed by atoms with Crippen molar-refractivity contribution in [2.24, 2.45) is 0 Å². The number of hydrogen-bond acceptors (Lipinski definition) is 5. The van der Waals surface area contributed by atoms with Crippen LogP contribution >= 0.6 is 0 Å². The monoisotopic (exact) mass is 1280 g/mol. The van der Waals surface area contributed by atoms with E-state index in [9.17, 15) is 19.8 Å². The number of ether oxygens (including phenoxy) is 1. The van der Waals surface area contributed by atoms with E-state index in [2.05, 4.69) is 55.6 Å². The second-order valence-corrected chi connectivity index (χ2v) is 28.8. The van der Waals surface area contributed by atoms with Crippen molar-refractivity contribution in [3.63, 3.8) is 0 Å². The summed E-state index contributed by atoms with van der Waals surface area (Å²) in [6.07, 6.45) is 105. The van der Waals surface area contributed by atoms with Gasteiger partial charge in [0.25, 0.3) is 0 Å². The molecule has 6 heteroatoms. The zero-order chi connectivity index (χ0) is 65.6. The van der Waals surface area contributed by atoms with E-state index >= 15 is 0 Å².